The Morgan fingerprint density at radius 2 is 2.00 bits per heavy atom. The van der Waals surface area contributed by atoms with Crippen LogP contribution >= 0.6 is 11.8 Å². The Kier molecular flexibility index (Phi) is 8.21. The molecular weight excluding hydrogens is 244 g/mol. The van der Waals surface area contributed by atoms with E-state index in [1.165, 1.54) is 0 Å². The lowest BCUT2D eigenvalue weighted by Crippen LogP contribution is -2.48. The molecule has 0 saturated heterocycles. The molecule has 6 nitrogen and oxygen atoms in total. The van der Waals surface area contributed by atoms with Crippen molar-refractivity contribution in [2.75, 3.05) is 18.6 Å². The van der Waals surface area contributed by atoms with Gasteiger partial charge in [0.2, 0.25) is 11.8 Å². The van der Waals surface area contributed by atoms with Crippen molar-refractivity contribution in [2.24, 2.45) is 0 Å². The molecule has 0 fully saturated rings. The predicted octanol–water partition coefficient (Wildman–Crippen LogP) is -0.165. The summed E-state index contributed by atoms with van der Waals surface area (Å²) in [4.78, 5) is 33.1. The highest BCUT2D eigenvalue weighted by molar-refractivity contribution is 7.98. The normalized spacial score (nSPS) is 11.6. The van der Waals surface area contributed by atoms with Gasteiger partial charge in [-0.25, -0.2) is 0 Å². The van der Waals surface area contributed by atoms with Crippen molar-refractivity contribution < 1.29 is 19.5 Å². The monoisotopic (exact) mass is 262 g/mol. The molecule has 1 unspecified atom stereocenters. The summed E-state index contributed by atoms with van der Waals surface area (Å²) in [5, 5.41) is 13.3. The standard InChI is InChI=1S/C10H18N2O4S/c1-3-8(13)12-7(4-5-17-2)10(16)11-6-9(14)15/h7H,3-6H2,1-2H3,(H,11,16)(H,12,13)(H,14,15). The number of carboxylic acids is 1. The van der Waals surface area contributed by atoms with Crippen molar-refractivity contribution >= 4 is 29.5 Å². The number of thioether (sulfide) groups is 1. The van der Waals surface area contributed by atoms with Gasteiger partial charge in [-0.3, -0.25) is 14.4 Å². The SMILES string of the molecule is CCC(=O)NC(CCSC)C(=O)NCC(=O)O. The molecule has 0 heterocycles. The molecule has 1 atom stereocenters. The summed E-state index contributed by atoms with van der Waals surface area (Å²) in [7, 11) is 0. The van der Waals surface area contributed by atoms with E-state index in [0.717, 1.165) is 5.75 Å². The summed E-state index contributed by atoms with van der Waals surface area (Å²) < 4.78 is 0. The number of hydrogen-bond donors (Lipinski definition) is 3. The third kappa shape index (κ3) is 7.62. The number of aliphatic carboxylic acids is 1. The molecule has 0 saturated carbocycles. The fraction of sp³-hybridized carbons (Fsp3) is 0.700. The Labute approximate surface area is 105 Å². The number of carboxylic acid groups (broad SMARTS) is 1. The molecule has 0 spiro atoms. The number of nitrogens with one attached hydrogen (secondary N) is 2. The molecule has 0 radical (unpaired) electrons. The van der Waals surface area contributed by atoms with Gasteiger partial charge in [0.1, 0.15) is 12.6 Å². The van der Waals surface area contributed by atoms with E-state index in [0.29, 0.717) is 12.8 Å². The first-order valence-electron chi connectivity index (χ1n) is 5.29. The van der Waals surface area contributed by atoms with Crippen molar-refractivity contribution in [3.05, 3.63) is 0 Å². The quantitative estimate of drug-likeness (QED) is 0.564. The van der Waals surface area contributed by atoms with E-state index in [9.17, 15) is 14.4 Å². The minimum absolute atomic E-state index is 0.221. The number of carbonyl (C=O) groups is 3. The first kappa shape index (κ1) is 15.8. The molecule has 98 valence electrons. The number of carbonyl (C=O) groups excluding carboxylic acids is 2. The average Bonchev–Trinajstić information content (AvgIpc) is 2.30. The maximum atomic E-state index is 11.6. The van der Waals surface area contributed by atoms with E-state index in [1.807, 2.05) is 6.26 Å². The van der Waals surface area contributed by atoms with Crippen molar-refractivity contribution in [2.45, 2.75) is 25.8 Å². The zero-order chi connectivity index (χ0) is 13.3. The maximum Gasteiger partial charge on any atom is 0.322 e. The Balaban J connectivity index is 4.28. The summed E-state index contributed by atoms with van der Waals surface area (Å²) >= 11 is 1.56. The van der Waals surface area contributed by atoms with Crippen LogP contribution < -0.4 is 10.6 Å². The Morgan fingerprint density at radius 3 is 2.47 bits per heavy atom. The number of amides is 2. The van der Waals surface area contributed by atoms with Crippen LogP contribution in [0.3, 0.4) is 0 Å². The summed E-state index contributed by atoms with van der Waals surface area (Å²) in [5.74, 6) is -1.07. The van der Waals surface area contributed by atoms with E-state index in [4.69, 9.17) is 5.11 Å². The molecule has 0 aromatic rings. The van der Waals surface area contributed by atoms with Gasteiger partial charge in [0.15, 0.2) is 0 Å². The second-order valence-electron chi connectivity index (χ2n) is 3.37. The van der Waals surface area contributed by atoms with E-state index in [1.54, 1.807) is 18.7 Å². The lowest BCUT2D eigenvalue weighted by atomic mass is 10.2. The molecule has 0 aliphatic heterocycles. The topological polar surface area (TPSA) is 95.5 Å². The molecule has 0 aromatic heterocycles. The molecular formula is C10H18N2O4S. The Bertz CT molecular complexity index is 283. The number of rotatable bonds is 8. The molecule has 2 amide bonds. The lowest BCUT2D eigenvalue weighted by Gasteiger charge is -2.17. The van der Waals surface area contributed by atoms with Crippen LogP contribution in [0.2, 0.25) is 0 Å². The summed E-state index contributed by atoms with van der Waals surface area (Å²) in [5.41, 5.74) is 0. The van der Waals surface area contributed by atoms with Gasteiger partial charge in [-0.1, -0.05) is 6.92 Å². The number of hydrogen-bond acceptors (Lipinski definition) is 4. The highest BCUT2D eigenvalue weighted by Gasteiger charge is 2.19. The van der Waals surface area contributed by atoms with Crippen molar-refractivity contribution in [1.29, 1.82) is 0 Å². The molecule has 7 heteroatoms. The van der Waals surface area contributed by atoms with E-state index < -0.39 is 24.5 Å². The van der Waals surface area contributed by atoms with Crippen LogP contribution in [0.4, 0.5) is 0 Å². The zero-order valence-corrected chi connectivity index (χ0v) is 10.8. The van der Waals surface area contributed by atoms with Crippen molar-refractivity contribution in [3.8, 4) is 0 Å². The summed E-state index contributed by atoms with van der Waals surface area (Å²) in [6.07, 6.45) is 2.67. The summed E-state index contributed by atoms with van der Waals surface area (Å²) in [6.45, 7) is 1.26. The van der Waals surface area contributed by atoms with Gasteiger partial charge in [-0.2, -0.15) is 11.8 Å². The van der Waals surface area contributed by atoms with Crippen LogP contribution in [0.5, 0.6) is 0 Å². The first-order valence-corrected chi connectivity index (χ1v) is 6.68. The maximum absolute atomic E-state index is 11.6. The Hall–Kier alpha value is -1.24. The average molecular weight is 262 g/mol. The molecule has 0 rings (SSSR count). The highest BCUT2D eigenvalue weighted by Crippen LogP contribution is 2.01. The third-order valence-corrected chi connectivity index (χ3v) is 2.64. The van der Waals surface area contributed by atoms with Gasteiger partial charge in [-0.15, -0.1) is 0 Å². The van der Waals surface area contributed by atoms with Gasteiger partial charge in [0.05, 0.1) is 0 Å². The van der Waals surface area contributed by atoms with Crippen LogP contribution in [0.1, 0.15) is 19.8 Å². The molecule has 3 N–H and O–H groups in total. The van der Waals surface area contributed by atoms with Crippen LogP contribution in [0.15, 0.2) is 0 Å². The van der Waals surface area contributed by atoms with Crippen LogP contribution in [0, 0.1) is 0 Å². The molecule has 0 aliphatic carbocycles. The van der Waals surface area contributed by atoms with Gasteiger partial charge < -0.3 is 15.7 Å². The second-order valence-corrected chi connectivity index (χ2v) is 4.35. The summed E-state index contributed by atoms with van der Waals surface area (Å²) in [6, 6.07) is -0.658. The third-order valence-electron chi connectivity index (χ3n) is 2.00. The minimum Gasteiger partial charge on any atom is -0.480 e. The zero-order valence-electron chi connectivity index (χ0n) is 9.99. The fourth-order valence-electron chi connectivity index (χ4n) is 1.09. The largest absolute Gasteiger partial charge is 0.480 e. The van der Waals surface area contributed by atoms with Gasteiger partial charge in [0, 0.05) is 6.42 Å². The lowest BCUT2D eigenvalue weighted by molar-refractivity contribution is -0.138. The smallest absolute Gasteiger partial charge is 0.322 e. The highest BCUT2D eigenvalue weighted by atomic mass is 32.2. The van der Waals surface area contributed by atoms with E-state index in [-0.39, 0.29) is 5.91 Å². The van der Waals surface area contributed by atoms with Crippen molar-refractivity contribution in [3.63, 3.8) is 0 Å². The molecule has 0 aliphatic rings. The van der Waals surface area contributed by atoms with Crippen molar-refractivity contribution in [1.82, 2.24) is 10.6 Å². The molecule has 0 aromatic carbocycles. The Morgan fingerprint density at radius 1 is 1.35 bits per heavy atom. The fourth-order valence-corrected chi connectivity index (χ4v) is 1.56. The predicted molar refractivity (Wildman–Crippen MR) is 65.9 cm³/mol. The molecule has 17 heavy (non-hydrogen) atoms. The second kappa shape index (κ2) is 8.86. The van der Waals surface area contributed by atoms with Crippen LogP contribution in [0.25, 0.3) is 0 Å². The first-order chi connectivity index (χ1) is 8.01. The van der Waals surface area contributed by atoms with Gasteiger partial charge in [0.25, 0.3) is 0 Å². The van der Waals surface area contributed by atoms with E-state index >= 15 is 0 Å². The minimum atomic E-state index is -1.11. The van der Waals surface area contributed by atoms with Crippen LogP contribution in [-0.4, -0.2) is 47.5 Å². The molecule has 0 bridgehead atoms. The van der Waals surface area contributed by atoms with Gasteiger partial charge in [-0.05, 0) is 18.4 Å². The van der Waals surface area contributed by atoms with Crippen LogP contribution in [-0.2, 0) is 14.4 Å². The van der Waals surface area contributed by atoms with Gasteiger partial charge >= 0.3 is 5.97 Å². The van der Waals surface area contributed by atoms with E-state index in [2.05, 4.69) is 10.6 Å².